The Bertz CT molecular complexity index is 736. The van der Waals surface area contributed by atoms with Crippen molar-refractivity contribution in [2.24, 2.45) is 0 Å². The molecule has 2 rings (SSSR count). The van der Waals surface area contributed by atoms with Gasteiger partial charge in [-0.25, -0.2) is 13.2 Å². The first-order chi connectivity index (χ1) is 14.4. The Morgan fingerprint density at radius 2 is 1.60 bits per heavy atom. The van der Waals surface area contributed by atoms with E-state index in [0.29, 0.717) is 5.69 Å². The lowest BCUT2D eigenvalue weighted by atomic mass is 10.0. The molecule has 0 bridgehead atoms. The molecule has 0 aliphatic heterocycles. The van der Waals surface area contributed by atoms with Crippen LogP contribution in [0, 0.1) is 17.5 Å². The van der Waals surface area contributed by atoms with E-state index >= 15 is 0 Å². The third-order valence-corrected chi connectivity index (χ3v) is 4.10. The van der Waals surface area contributed by atoms with E-state index in [-0.39, 0.29) is 17.2 Å². The molecule has 0 spiro atoms. The van der Waals surface area contributed by atoms with Crippen LogP contribution in [0.2, 0.25) is 0 Å². The van der Waals surface area contributed by atoms with Crippen LogP contribution in [-0.4, -0.2) is 33.5 Å². The Morgan fingerprint density at radius 1 is 1.00 bits per heavy atom. The molecule has 0 aliphatic rings. The Balaban J connectivity index is 0.00000125. The minimum atomic E-state index is -0.721. The van der Waals surface area contributed by atoms with E-state index in [0.717, 1.165) is 44.0 Å². The molecule has 1 unspecified atom stereocenters. The van der Waals surface area contributed by atoms with Crippen LogP contribution in [0.15, 0.2) is 49.2 Å². The molecule has 2 aromatic carbocycles. The van der Waals surface area contributed by atoms with Gasteiger partial charge in [0.05, 0.1) is 0 Å². The number of halogens is 3. The van der Waals surface area contributed by atoms with Crippen LogP contribution in [0.4, 0.5) is 18.9 Å². The normalized spacial score (nSPS) is 10.6. The molecule has 4 nitrogen and oxygen atoms in total. The Morgan fingerprint density at radius 3 is 2.07 bits per heavy atom. The molecule has 0 saturated carbocycles. The highest BCUT2D eigenvalue weighted by atomic mass is 19.1. The van der Waals surface area contributed by atoms with E-state index in [9.17, 15) is 13.2 Å². The molecule has 3 N–H and O–H groups in total. The van der Waals surface area contributed by atoms with Crippen molar-refractivity contribution in [3.63, 3.8) is 0 Å². The van der Waals surface area contributed by atoms with E-state index in [2.05, 4.69) is 29.5 Å². The first-order valence-electron chi connectivity index (χ1n) is 9.69. The number of hydrogen-bond acceptors (Lipinski definition) is 4. The van der Waals surface area contributed by atoms with Crippen LogP contribution in [0.5, 0.6) is 0 Å². The van der Waals surface area contributed by atoms with Crippen molar-refractivity contribution in [2.45, 2.75) is 32.2 Å². The fourth-order valence-electron chi connectivity index (χ4n) is 2.74. The molecule has 1 atom stereocenters. The zero-order valence-corrected chi connectivity index (χ0v) is 17.9. The highest BCUT2D eigenvalue weighted by Crippen LogP contribution is 2.27. The number of benzene rings is 2. The Labute approximate surface area is 177 Å². The predicted molar refractivity (Wildman–Crippen MR) is 119 cm³/mol. The fraction of sp³-hybridized carbons (Fsp3) is 0.348. The van der Waals surface area contributed by atoms with Crippen LogP contribution in [0.3, 0.4) is 0 Å². The van der Waals surface area contributed by atoms with Gasteiger partial charge in [0.2, 0.25) is 0 Å². The average Bonchev–Trinajstić information content (AvgIpc) is 2.73. The van der Waals surface area contributed by atoms with Gasteiger partial charge >= 0.3 is 0 Å². The third kappa shape index (κ3) is 10.1. The highest BCUT2D eigenvalue weighted by Gasteiger charge is 2.12. The first kappa shape index (κ1) is 27.2. The summed E-state index contributed by atoms with van der Waals surface area (Å²) in [5.74, 6) is -1.95. The molecule has 2 aromatic rings. The summed E-state index contributed by atoms with van der Waals surface area (Å²) >= 11 is 0. The maximum atomic E-state index is 14.4. The summed E-state index contributed by atoms with van der Waals surface area (Å²) in [5, 5.41) is 9.13. The van der Waals surface area contributed by atoms with Crippen molar-refractivity contribution in [1.82, 2.24) is 10.6 Å². The van der Waals surface area contributed by atoms with Gasteiger partial charge < -0.3 is 20.7 Å². The second-order valence-electron chi connectivity index (χ2n) is 6.37. The molecular weight excluding hydrogens is 391 g/mol. The largest absolute Gasteiger partial charge is 0.394 e. The molecular formula is C23H32F3N3O. The van der Waals surface area contributed by atoms with E-state index < -0.39 is 17.5 Å². The number of carbonyl (C=O) groups is 1. The average molecular weight is 424 g/mol. The zero-order valence-electron chi connectivity index (χ0n) is 17.9. The van der Waals surface area contributed by atoms with Crippen molar-refractivity contribution in [3.05, 3.63) is 66.6 Å². The van der Waals surface area contributed by atoms with Crippen LogP contribution >= 0.6 is 0 Å². The highest BCUT2D eigenvalue weighted by molar-refractivity contribution is 5.67. The molecule has 0 fully saturated rings. The topological polar surface area (TPSA) is 53.2 Å². The molecule has 30 heavy (non-hydrogen) atoms. The van der Waals surface area contributed by atoms with Gasteiger partial charge in [-0.3, -0.25) is 0 Å². The van der Waals surface area contributed by atoms with Gasteiger partial charge in [-0.05, 0) is 68.5 Å². The predicted octanol–water partition coefficient (Wildman–Crippen LogP) is 5.13. The number of anilines is 1. The van der Waals surface area contributed by atoms with Crippen LogP contribution in [-0.2, 0) is 4.79 Å². The second-order valence-corrected chi connectivity index (χ2v) is 6.37. The van der Waals surface area contributed by atoms with Crippen LogP contribution < -0.4 is 16.0 Å². The van der Waals surface area contributed by atoms with E-state index in [4.69, 9.17) is 4.79 Å². The SMILES string of the molecule is C=CNC.C=O.CCCC(CCNC)Nc1ccc(-c2cc(F)cc(F)c2)c(F)c1. The van der Waals surface area contributed by atoms with E-state index in [1.54, 1.807) is 18.3 Å². The summed E-state index contributed by atoms with van der Waals surface area (Å²) in [6, 6.07) is 7.94. The lowest BCUT2D eigenvalue weighted by Crippen LogP contribution is -2.24. The lowest BCUT2D eigenvalue weighted by Gasteiger charge is -2.19. The molecule has 0 aliphatic carbocycles. The minimum absolute atomic E-state index is 0.182. The van der Waals surface area contributed by atoms with Gasteiger partial charge in [-0.15, -0.1) is 0 Å². The maximum Gasteiger partial charge on any atom is 0.133 e. The Kier molecular flexibility index (Phi) is 14.5. The summed E-state index contributed by atoms with van der Waals surface area (Å²) in [5.41, 5.74) is 1.04. The molecule has 166 valence electrons. The molecule has 0 saturated heterocycles. The monoisotopic (exact) mass is 423 g/mol. The van der Waals surface area contributed by atoms with Gasteiger partial charge in [0, 0.05) is 30.4 Å². The summed E-state index contributed by atoms with van der Waals surface area (Å²) in [6.45, 7) is 8.35. The third-order valence-electron chi connectivity index (χ3n) is 4.10. The quantitative estimate of drug-likeness (QED) is 0.524. The van der Waals surface area contributed by atoms with Gasteiger partial charge in [0.25, 0.3) is 0 Å². The Hall–Kier alpha value is -2.80. The van der Waals surface area contributed by atoms with Crippen molar-refractivity contribution < 1.29 is 18.0 Å². The standard InChI is InChI=1S/C19H23F3N2.C3H7N.CH2O/c1-3-4-16(7-8-23-2)24-17-5-6-18(19(22)12-17)13-9-14(20)11-15(21)10-13;1-3-4-2;1-2/h5-6,9-12,16,23-24H,3-4,7-8H2,1-2H3;3-4H,1H2,2H3;1H2. The number of hydrogen-bond donors (Lipinski definition) is 3. The molecule has 0 amide bonds. The molecule has 0 radical (unpaired) electrons. The molecule has 0 heterocycles. The summed E-state index contributed by atoms with van der Waals surface area (Å²) in [4.78, 5) is 8.00. The van der Waals surface area contributed by atoms with Crippen molar-refractivity contribution in [3.8, 4) is 11.1 Å². The van der Waals surface area contributed by atoms with Gasteiger partial charge in [0.15, 0.2) is 0 Å². The summed E-state index contributed by atoms with van der Waals surface area (Å²) in [7, 11) is 3.71. The smallest absolute Gasteiger partial charge is 0.133 e. The van der Waals surface area contributed by atoms with Crippen molar-refractivity contribution >= 4 is 12.5 Å². The number of nitrogens with one attached hydrogen (secondary N) is 3. The van der Waals surface area contributed by atoms with Crippen LogP contribution in [0.1, 0.15) is 26.2 Å². The second kappa shape index (κ2) is 16.0. The van der Waals surface area contributed by atoms with Crippen molar-refractivity contribution in [1.29, 1.82) is 0 Å². The van der Waals surface area contributed by atoms with Crippen molar-refractivity contribution in [2.75, 3.05) is 26.0 Å². The number of rotatable bonds is 9. The van der Waals surface area contributed by atoms with E-state index in [1.807, 2.05) is 20.9 Å². The molecule has 7 heteroatoms. The first-order valence-corrected chi connectivity index (χ1v) is 9.69. The summed E-state index contributed by atoms with van der Waals surface area (Å²) in [6.07, 6.45) is 4.58. The van der Waals surface area contributed by atoms with Crippen LogP contribution in [0.25, 0.3) is 11.1 Å². The van der Waals surface area contributed by atoms with Gasteiger partial charge in [-0.1, -0.05) is 19.9 Å². The minimum Gasteiger partial charge on any atom is -0.394 e. The lowest BCUT2D eigenvalue weighted by molar-refractivity contribution is -0.0979. The maximum absolute atomic E-state index is 14.4. The van der Waals surface area contributed by atoms with E-state index in [1.165, 1.54) is 6.07 Å². The summed E-state index contributed by atoms with van der Waals surface area (Å²) < 4.78 is 41.0. The zero-order chi connectivity index (χ0) is 22.9. The van der Waals surface area contributed by atoms with Gasteiger partial charge in [-0.2, -0.15) is 0 Å². The molecule has 0 aromatic heterocycles. The number of carbonyl (C=O) groups excluding carboxylic acids is 1. The fourth-order valence-corrected chi connectivity index (χ4v) is 2.74. The van der Waals surface area contributed by atoms with Gasteiger partial charge in [0.1, 0.15) is 24.2 Å².